The lowest BCUT2D eigenvalue weighted by Crippen LogP contribution is -2.40. The fourth-order valence-electron chi connectivity index (χ4n) is 1.61. The number of nitrogen functional groups attached to an aromatic ring is 1. The van der Waals surface area contributed by atoms with E-state index in [-0.39, 0.29) is 12.5 Å². The monoisotopic (exact) mass is 240 g/mol. The van der Waals surface area contributed by atoms with Crippen LogP contribution in [-0.4, -0.2) is 30.6 Å². The molecule has 1 heterocycles. The minimum atomic E-state index is -0.000795. The molecule has 1 amide bonds. The molecule has 1 aliphatic heterocycles. The molecule has 0 atom stereocenters. The molecule has 0 aliphatic carbocycles. The van der Waals surface area contributed by atoms with Crippen molar-refractivity contribution < 1.29 is 9.53 Å². The van der Waals surface area contributed by atoms with E-state index >= 15 is 0 Å². The summed E-state index contributed by atoms with van der Waals surface area (Å²) in [5, 5.41) is 0.597. The molecule has 86 valence electrons. The number of carbonyl (C=O) groups excluding carboxylic acids is 1. The van der Waals surface area contributed by atoms with Crippen molar-refractivity contribution in [2.24, 2.45) is 0 Å². The van der Waals surface area contributed by atoms with E-state index in [1.165, 1.54) is 0 Å². The zero-order valence-corrected chi connectivity index (χ0v) is 9.54. The molecule has 5 heteroatoms. The van der Waals surface area contributed by atoms with Crippen LogP contribution < -0.4 is 5.73 Å². The van der Waals surface area contributed by atoms with Crippen LogP contribution in [0, 0.1) is 0 Å². The highest BCUT2D eigenvalue weighted by atomic mass is 35.5. The number of nitrogens with zero attached hydrogens (tertiary/aromatic N) is 1. The van der Waals surface area contributed by atoms with Crippen molar-refractivity contribution in [2.45, 2.75) is 6.54 Å². The average Bonchev–Trinajstić information content (AvgIpc) is 2.25. The minimum Gasteiger partial charge on any atom is -0.399 e. The average molecular weight is 241 g/mol. The minimum absolute atomic E-state index is 0.000795. The predicted molar refractivity (Wildman–Crippen MR) is 62.1 cm³/mol. The molecular weight excluding hydrogens is 228 g/mol. The van der Waals surface area contributed by atoms with E-state index in [9.17, 15) is 4.79 Å². The van der Waals surface area contributed by atoms with Gasteiger partial charge in [0, 0.05) is 23.8 Å². The molecule has 4 nitrogen and oxygen atoms in total. The van der Waals surface area contributed by atoms with Crippen LogP contribution in [0.2, 0.25) is 5.02 Å². The molecule has 0 spiro atoms. The van der Waals surface area contributed by atoms with E-state index in [0.29, 0.717) is 30.4 Å². The Hall–Kier alpha value is -1.26. The zero-order chi connectivity index (χ0) is 11.5. The SMILES string of the molecule is Nc1ccc(CN2CCOCC2=O)c(Cl)c1. The van der Waals surface area contributed by atoms with E-state index in [1.807, 2.05) is 6.07 Å². The Labute approximate surface area is 98.9 Å². The first-order valence-corrected chi connectivity index (χ1v) is 5.44. The van der Waals surface area contributed by atoms with Crippen LogP contribution >= 0.6 is 11.6 Å². The van der Waals surface area contributed by atoms with Gasteiger partial charge in [0.25, 0.3) is 0 Å². The molecule has 0 saturated carbocycles. The van der Waals surface area contributed by atoms with Crippen LogP contribution in [0.3, 0.4) is 0 Å². The van der Waals surface area contributed by atoms with Crippen molar-refractivity contribution in [3.63, 3.8) is 0 Å². The molecule has 1 aliphatic rings. The number of ether oxygens (including phenoxy) is 1. The van der Waals surface area contributed by atoms with Gasteiger partial charge in [-0.25, -0.2) is 0 Å². The summed E-state index contributed by atoms with van der Waals surface area (Å²) in [5.74, 6) is -0.000795. The highest BCUT2D eigenvalue weighted by Gasteiger charge is 2.19. The molecule has 0 unspecified atom stereocenters. The second-order valence-corrected chi connectivity index (χ2v) is 4.13. The van der Waals surface area contributed by atoms with Crippen molar-refractivity contribution in [3.05, 3.63) is 28.8 Å². The first kappa shape index (κ1) is 11.2. The highest BCUT2D eigenvalue weighted by Crippen LogP contribution is 2.21. The van der Waals surface area contributed by atoms with Gasteiger partial charge in [0.1, 0.15) is 6.61 Å². The molecule has 0 aromatic heterocycles. The third-order valence-electron chi connectivity index (χ3n) is 2.52. The molecule has 1 saturated heterocycles. The van der Waals surface area contributed by atoms with Gasteiger partial charge < -0.3 is 15.4 Å². The number of carbonyl (C=O) groups is 1. The standard InChI is InChI=1S/C11H13ClN2O2/c12-10-5-9(13)2-1-8(10)6-14-3-4-16-7-11(14)15/h1-2,5H,3-4,6-7,13H2. The van der Waals surface area contributed by atoms with E-state index in [0.717, 1.165) is 5.56 Å². The second kappa shape index (κ2) is 4.72. The zero-order valence-electron chi connectivity index (χ0n) is 8.78. The van der Waals surface area contributed by atoms with Gasteiger partial charge in [0.05, 0.1) is 6.61 Å². The van der Waals surface area contributed by atoms with Gasteiger partial charge in [0.2, 0.25) is 5.91 Å². The Kier molecular flexibility index (Phi) is 3.31. The lowest BCUT2D eigenvalue weighted by molar-refractivity contribution is -0.143. The van der Waals surface area contributed by atoms with E-state index < -0.39 is 0 Å². The fourth-order valence-corrected chi connectivity index (χ4v) is 1.86. The summed E-state index contributed by atoms with van der Waals surface area (Å²) in [6.45, 7) is 1.87. The maximum absolute atomic E-state index is 11.5. The summed E-state index contributed by atoms with van der Waals surface area (Å²) < 4.78 is 5.05. The number of anilines is 1. The summed E-state index contributed by atoms with van der Waals surface area (Å²) in [6.07, 6.45) is 0. The fraction of sp³-hybridized carbons (Fsp3) is 0.364. The molecular formula is C11H13ClN2O2. The van der Waals surface area contributed by atoms with Gasteiger partial charge in [0.15, 0.2) is 0 Å². The first-order valence-electron chi connectivity index (χ1n) is 5.06. The number of morpholine rings is 1. The Morgan fingerprint density at radius 2 is 2.31 bits per heavy atom. The number of rotatable bonds is 2. The number of hydrogen-bond acceptors (Lipinski definition) is 3. The Morgan fingerprint density at radius 1 is 1.50 bits per heavy atom. The van der Waals surface area contributed by atoms with E-state index in [1.54, 1.807) is 17.0 Å². The van der Waals surface area contributed by atoms with Gasteiger partial charge in [-0.05, 0) is 17.7 Å². The van der Waals surface area contributed by atoms with Gasteiger partial charge in [-0.1, -0.05) is 17.7 Å². The van der Waals surface area contributed by atoms with E-state index in [2.05, 4.69) is 0 Å². The van der Waals surface area contributed by atoms with Gasteiger partial charge in [-0.15, -0.1) is 0 Å². The number of benzene rings is 1. The van der Waals surface area contributed by atoms with Crippen LogP contribution in [0.4, 0.5) is 5.69 Å². The lowest BCUT2D eigenvalue weighted by Gasteiger charge is -2.27. The Morgan fingerprint density at radius 3 is 3.00 bits per heavy atom. The van der Waals surface area contributed by atoms with E-state index in [4.69, 9.17) is 22.1 Å². The molecule has 1 fully saturated rings. The molecule has 1 aromatic carbocycles. The van der Waals surface area contributed by atoms with Gasteiger partial charge >= 0.3 is 0 Å². The quantitative estimate of drug-likeness (QED) is 0.793. The predicted octanol–water partition coefficient (Wildman–Crippen LogP) is 1.28. The smallest absolute Gasteiger partial charge is 0.248 e. The third-order valence-corrected chi connectivity index (χ3v) is 2.87. The van der Waals surface area contributed by atoms with Crippen molar-refractivity contribution >= 4 is 23.2 Å². The first-order chi connectivity index (χ1) is 7.66. The third kappa shape index (κ3) is 2.46. The summed E-state index contributed by atoms with van der Waals surface area (Å²) in [7, 11) is 0. The topological polar surface area (TPSA) is 55.6 Å². The van der Waals surface area contributed by atoms with Crippen molar-refractivity contribution in [3.8, 4) is 0 Å². The Balaban J connectivity index is 2.10. The summed E-state index contributed by atoms with van der Waals surface area (Å²) in [4.78, 5) is 13.2. The maximum atomic E-state index is 11.5. The number of halogens is 1. The molecule has 2 N–H and O–H groups in total. The van der Waals surface area contributed by atoms with Gasteiger partial charge in [-0.2, -0.15) is 0 Å². The highest BCUT2D eigenvalue weighted by molar-refractivity contribution is 6.31. The van der Waals surface area contributed by atoms with Crippen LogP contribution in [0.5, 0.6) is 0 Å². The van der Waals surface area contributed by atoms with Crippen LogP contribution in [-0.2, 0) is 16.1 Å². The largest absolute Gasteiger partial charge is 0.399 e. The van der Waals surface area contributed by atoms with Crippen molar-refractivity contribution in [1.82, 2.24) is 4.90 Å². The number of amides is 1. The molecule has 0 bridgehead atoms. The summed E-state index contributed by atoms with van der Waals surface area (Å²) in [6, 6.07) is 5.33. The number of hydrogen-bond donors (Lipinski definition) is 1. The summed E-state index contributed by atoms with van der Waals surface area (Å²) in [5.41, 5.74) is 7.14. The molecule has 1 aromatic rings. The van der Waals surface area contributed by atoms with Crippen molar-refractivity contribution in [1.29, 1.82) is 0 Å². The lowest BCUT2D eigenvalue weighted by atomic mass is 10.2. The van der Waals surface area contributed by atoms with Crippen LogP contribution in [0.15, 0.2) is 18.2 Å². The normalized spacial score (nSPS) is 16.6. The molecule has 2 rings (SSSR count). The summed E-state index contributed by atoms with van der Waals surface area (Å²) >= 11 is 6.05. The molecule has 16 heavy (non-hydrogen) atoms. The number of nitrogens with two attached hydrogens (primary N) is 1. The van der Waals surface area contributed by atoms with Crippen LogP contribution in [0.1, 0.15) is 5.56 Å². The van der Waals surface area contributed by atoms with Crippen LogP contribution in [0.25, 0.3) is 0 Å². The second-order valence-electron chi connectivity index (χ2n) is 3.72. The Bertz CT molecular complexity index is 409. The maximum Gasteiger partial charge on any atom is 0.248 e. The van der Waals surface area contributed by atoms with Gasteiger partial charge in [-0.3, -0.25) is 4.79 Å². The molecule has 0 radical (unpaired) electrons. The van der Waals surface area contributed by atoms with Crippen molar-refractivity contribution in [2.75, 3.05) is 25.5 Å².